The van der Waals surface area contributed by atoms with Gasteiger partial charge in [-0.1, -0.05) is 31.0 Å². The summed E-state index contributed by atoms with van der Waals surface area (Å²) >= 11 is 0. The largest absolute Gasteiger partial charge is 0.388 e. The number of pyridine rings is 1. The quantitative estimate of drug-likeness (QED) is 0.590. The van der Waals surface area contributed by atoms with Gasteiger partial charge in [-0.25, -0.2) is 4.98 Å². The van der Waals surface area contributed by atoms with E-state index in [2.05, 4.69) is 10.3 Å². The fourth-order valence-corrected chi connectivity index (χ4v) is 3.50. The summed E-state index contributed by atoms with van der Waals surface area (Å²) in [5, 5.41) is 26.4. The number of rotatable bonds is 7. The van der Waals surface area contributed by atoms with Crippen LogP contribution in [0.25, 0.3) is 10.9 Å². The Balaban J connectivity index is 2.03. The molecule has 0 aliphatic heterocycles. The molecular formula is C18H23N3O4. The van der Waals surface area contributed by atoms with E-state index < -0.39 is 16.6 Å². The Hall–Kier alpha value is -2.25. The van der Waals surface area contributed by atoms with Gasteiger partial charge in [0, 0.05) is 12.0 Å². The molecule has 1 heterocycles. The Morgan fingerprint density at radius 2 is 2.12 bits per heavy atom. The lowest BCUT2D eigenvalue weighted by molar-refractivity contribution is -0.384. The van der Waals surface area contributed by atoms with Gasteiger partial charge in [0.1, 0.15) is 11.9 Å². The number of hydrogen-bond acceptors (Lipinski definition) is 6. The van der Waals surface area contributed by atoms with Crippen LogP contribution in [0.5, 0.6) is 0 Å². The lowest BCUT2D eigenvalue weighted by Crippen LogP contribution is -2.48. The molecule has 1 aromatic carbocycles. The van der Waals surface area contributed by atoms with Gasteiger partial charge in [0.2, 0.25) is 0 Å². The highest BCUT2D eigenvalue weighted by Crippen LogP contribution is 2.37. The van der Waals surface area contributed by atoms with E-state index in [4.69, 9.17) is 4.74 Å². The van der Waals surface area contributed by atoms with Crippen molar-refractivity contribution >= 4 is 22.3 Å². The molecule has 1 aliphatic rings. The maximum atomic E-state index is 11.5. The zero-order valence-corrected chi connectivity index (χ0v) is 14.3. The third-order valence-corrected chi connectivity index (χ3v) is 4.88. The highest BCUT2D eigenvalue weighted by Gasteiger charge is 2.40. The van der Waals surface area contributed by atoms with Gasteiger partial charge in [-0.2, -0.15) is 0 Å². The molecule has 0 radical (unpaired) electrons. The van der Waals surface area contributed by atoms with Crippen molar-refractivity contribution in [1.82, 2.24) is 4.98 Å². The van der Waals surface area contributed by atoms with Crippen LogP contribution in [0, 0.1) is 10.1 Å². The second-order valence-electron chi connectivity index (χ2n) is 6.46. The molecule has 134 valence electrons. The number of ether oxygens (including phenoxy) is 1. The molecule has 0 amide bonds. The molecule has 1 unspecified atom stereocenters. The molecule has 1 fully saturated rings. The lowest BCUT2D eigenvalue weighted by Gasteiger charge is -2.34. The van der Waals surface area contributed by atoms with Crippen LogP contribution in [-0.2, 0) is 4.74 Å². The van der Waals surface area contributed by atoms with Gasteiger partial charge in [0.25, 0.3) is 0 Å². The second kappa shape index (κ2) is 7.33. The number of hydrogen-bond donors (Lipinski definition) is 2. The van der Waals surface area contributed by atoms with Crippen molar-refractivity contribution in [2.45, 2.75) is 44.2 Å². The summed E-state index contributed by atoms with van der Waals surface area (Å²) in [7, 11) is 0. The average molecular weight is 345 g/mol. The van der Waals surface area contributed by atoms with Gasteiger partial charge in [-0.3, -0.25) is 10.1 Å². The van der Waals surface area contributed by atoms with Crippen LogP contribution in [0.2, 0.25) is 0 Å². The molecule has 2 N–H and O–H groups in total. The molecule has 1 aromatic heterocycles. The number of para-hydroxylation sites is 1. The zero-order valence-electron chi connectivity index (χ0n) is 14.3. The first kappa shape index (κ1) is 17.6. The minimum Gasteiger partial charge on any atom is -0.388 e. The van der Waals surface area contributed by atoms with E-state index in [0.717, 1.165) is 12.8 Å². The number of aromatic nitrogens is 1. The number of nitro groups is 1. The van der Waals surface area contributed by atoms with Crippen molar-refractivity contribution in [1.29, 1.82) is 0 Å². The predicted octanol–water partition coefficient (Wildman–Crippen LogP) is 3.27. The topological polar surface area (TPSA) is 97.5 Å². The molecule has 0 saturated heterocycles. The molecule has 3 rings (SSSR count). The van der Waals surface area contributed by atoms with Gasteiger partial charge in [0.15, 0.2) is 0 Å². The summed E-state index contributed by atoms with van der Waals surface area (Å²) in [5.41, 5.74) is 0.0412. The van der Waals surface area contributed by atoms with Crippen molar-refractivity contribution < 1.29 is 14.8 Å². The first-order valence-corrected chi connectivity index (χ1v) is 8.64. The van der Waals surface area contributed by atoms with Crippen LogP contribution in [0.1, 0.15) is 32.6 Å². The van der Waals surface area contributed by atoms with Crippen LogP contribution in [0.15, 0.2) is 30.5 Å². The van der Waals surface area contributed by atoms with Gasteiger partial charge in [-0.05, 0) is 25.8 Å². The summed E-state index contributed by atoms with van der Waals surface area (Å²) in [4.78, 5) is 15.2. The van der Waals surface area contributed by atoms with Crippen LogP contribution in [0.3, 0.4) is 0 Å². The third-order valence-electron chi connectivity index (χ3n) is 4.88. The Morgan fingerprint density at radius 3 is 2.80 bits per heavy atom. The van der Waals surface area contributed by atoms with Crippen LogP contribution < -0.4 is 5.32 Å². The van der Waals surface area contributed by atoms with E-state index in [1.165, 1.54) is 6.20 Å². The summed E-state index contributed by atoms with van der Waals surface area (Å²) in [6.07, 6.45) is 4.48. The molecule has 7 heteroatoms. The van der Waals surface area contributed by atoms with Gasteiger partial charge < -0.3 is 15.2 Å². The number of fused-ring (bicyclic) bond motifs is 1. The maximum Gasteiger partial charge on any atom is 0.311 e. The van der Waals surface area contributed by atoms with Gasteiger partial charge >= 0.3 is 5.69 Å². The van der Waals surface area contributed by atoms with Gasteiger partial charge in [-0.15, -0.1) is 0 Å². The number of nitrogens with one attached hydrogen (secondary N) is 1. The Bertz CT molecular complexity index is 759. The SMILES string of the molecule is CCOCC(Nc1c([N+](=O)[O-])cnc2ccccc12)C1(O)CCCC1. The maximum absolute atomic E-state index is 11.5. The lowest BCUT2D eigenvalue weighted by atomic mass is 9.92. The highest BCUT2D eigenvalue weighted by molar-refractivity contribution is 5.95. The molecule has 1 aliphatic carbocycles. The molecule has 1 saturated carbocycles. The van der Waals surface area contributed by atoms with Gasteiger partial charge in [0.05, 0.1) is 28.7 Å². The molecule has 7 nitrogen and oxygen atoms in total. The Kier molecular flexibility index (Phi) is 5.15. The fraction of sp³-hybridized carbons (Fsp3) is 0.500. The zero-order chi connectivity index (χ0) is 17.9. The van der Waals surface area contributed by atoms with Crippen LogP contribution >= 0.6 is 0 Å². The first-order chi connectivity index (χ1) is 12.0. The fourth-order valence-electron chi connectivity index (χ4n) is 3.50. The molecule has 0 spiro atoms. The monoisotopic (exact) mass is 345 g/mol. The molecular weight excluding hydrogens is 322 g/mol. The highest BCUT2D eigenvalue weighted by atomic mass is 16.6. The third kappa shape index (κ3) is 3.57. The van der Waals surface area contributed by atoms with E-state index >= 15 is 0 Å². The van der Waals surface area contributed by atoms with Crippen LogP contribution in [0.4, 0.5) is 11.4 Å². The van der Waals surface area contributed by atoms with E-state index in [0.29, 0.717) is 42.6 Å². The predicted molar refractivity (Wildman–Crippen MR) is 95.7 cm³/mol. The second-order valence-corrected chi connectivity index (χ2v) is 6.46. The molecule has 25 heavy (non-hydrogen) atoms. The van der Waals surface area contributed by atoms with E-state index in [1.54, 1.807) is 6.07 Å². The first-order valence-electron chi connectivity index (χ1n) is 8.64. The Labute approximate surface area is 146 Å². The number of benzene rings is 1. The summed E-state index contributed by atoms with van der Waals surface area (Å²) in [6.45, 7) is 2.70. The standard InChI is InChI=1S/C18H23N3O4/c1-2-25-12-16(18(22)9-5-6-10-18)20-17-13-7-3-4-8-14(13)19-11-15(17)21(23)24/h3-4,7-8,11,16,22H,2,5-6,9-10,12H2,1H3,(H,19,20). The normalized spacial score (nSPS) is 17.5. The molecule has 2 aromatic rings. The number of nitrogens with zero attached hydrogens (tertiary/aromatic N) is 2. The summed E-state index contributed by atoms with van der Waals surface area (Å²) in [5.74, 6) is 0. The minimum atomic E-state index is -0.923. The average Bonchev–Trinajstić information content (AvgIpc) is 3.05. The smallest absolute Gasteiger partial charge is 0.311 e. The number of anilines is 1. The summed E-state index contributed by atoms with van der Waals surface area (Å²) < 4.78 is 5.55. The van der Waals surface area contributed by atoms with Crippen molar-refractivity contribution in [2.24, 2.45) is 0 Å². The number of aliphatic hydroxyl groups is 1. The minimum absolute atomic E-state index is 0.0956. The van der Waals surface area contributed by atoms with Crippen molar-refractivity contribution in [3.8, 4) is 0 Å². The van der Waals surface area contributed by atoms with E-state index in [1.807, 2.05) is 25.1 Å². The molecule has 1 atom stereocenters. The molecule has 0 bridgehead atoms. The van der Waals surface area contributed by atoms with Crippen LogP contribution in [-0.4, -0.2) is 39.9 Å². The van der Waals surface area contributed by atoms with E-state index in [9.17, 15) is 15.2 Å². The Morgan fingerprint density at radius 1 is 1.40 bits per heavy atom. The van der Waals surface area contributed by atoms with Crippen molar-refractivity contribution in [2.75, 3.05) is 18.5 Å². The van der Waals surface area contributed by atoms with Crippen molar-refractivity contribution in [3.05, 3.63) is 40.6 Å². The summed E-state index contributed by atoms with van der Waals surface area (Å²) in [6, 6.07) is 6.85. The van der Waals surface area contributed by atoms with E-state index in [-0.39, 0.29) is 5.69 Å². The van der Waals surface area contributed by atoms with Crippen molar-refractivity contribution in [3.63, 3.8) is 0 Å².